The van der Waals surface area contributed by atoms with Gasteiger partial charge in [0.2, 0.25) is 5.95 Å². The highest BCUT2D eigenvalue weighted by molar-refractivity contribution is 5.98. The van der Waals surface area contributed by atoms with Crippen LogP contribution < -0.4 is 21.1 Å². The van der Waals surface area contributed by atoms with Gasteiger partial charge in [-0.2, -0.15) is 4.98 Å². The lowest BCUT2D eigenvalue weighted by Gasteiger charge is -2.24. The summed E-state index contributed by atoms with van der Waals surface area (Å²) in [5, 5.41) is 7.41. The van der Waals surface area contributed by atoms with Crippen LogP contribution in [0.15, 0.2) is 54.9 Å². The zero-order valence-electron chi connectivity index (χ0n) is 20.4. The van der Waals surface area contributed by atoms with E-state index in [1.807, 2.05) is 56.6 Å². The molecule has 10 heteroatoms. The third-order valence-electron chi connectivity index (χ3n) is 5.89. The molecule has 1 aliphatic rings. The Kier molecular flexibility index (Phi) is 7.17. The summed E-state index contributed by atoms with van der Waals surface area (Å²) >= 11 is 0. The monoisotopic (exact) mass is 486 g/mol. The first-order valence-electron chi connectivity index (χ1n) is 11.9. The Labute approximate surface area is 209 Å². The normalized spacial score (nSPS) is 15.8. The Hall–Kier alpha value is -3.86. The van der Waals surface area contributed by atoms with Gasteiger partial charge in [0.05, 0.1) is 29.2 Å². The van der Waals surface area contributed by atoms with Crippen LogP contribution in [0.25, 0.3) is 22.2 Å². The van der Waals surface area contributed by atoms with Gasteiger partial charge in [-0.15, -0.1) is 0 Å². The molecule has 186 valence electrons. The van der Waals surface area contributed by atoms with E-state index in [0.717, 1.165) is 46.9 Å². The molecule has 1 saturated heterocycles. The second-order valence-electron chi connectivity index (χ2n) is 8.79. The van der Waals surface area contributed by atoms with Gasteiger partial charge in [0.25, 0.3) is 0 Å². The van der Waals surface area contributed by atoms with Gasteiger partial charge in [0.1, 0.15) is 24.3 Å². The van der Waals surface area contributed by atoms with Crippen molar-refractivity contribution in [1.82, 2.24) is 30.2 Å². The number of nitrogens with one attached hydrogen (secondary N) is 2. The van der Waals surface area contributed by atoms with E-state index in [1.54, 1.807) is 12.4 Å². The quantitative estimate of drug-likeness (QED) is 0.342. The van der Waals surface area contributed by atoms with Crippen LogP contribution in [-0.2, 0) is 4.74 Å². The SMILES string of the molecule is CN(C)CCOc1ccnc(-c2cccc3c(N)nc(Nc4cccnc4C4CNCCO4)nc23)c1. The van der Waals surface area contributed by atoms with Gasteiger partial charge < -0.3 is 30.7 Å². The van der Waals surface area contributed by atoms with Crippen LogP contribution in [0.3, 0.4) is 0 Å². The highest BCUT2D eigenvalue weighted by atomic mass is 16.5. The highest BCUT2D eigenvalue weighted by Gasteiger charge is 2.21. The van der Waals surface area contributed by atoms with Crippen LogP contribution in [0.2, 0.25) is 0 Å². The van der Waals surface area contributed by atoms with Crippen molar-refractivity contribution < 1.29 is 9.47 Å². The number of hydrogen-bond acceptors (Lipinski definition) is 10. The molecule has 0 bridgehead atoms. The fraction of sp³-hybridized carbons (Fsp3) is 0.308. The number of morpholine rings is 1. The summed E-state index contributed by atoms with van der Waals surface area (Å²) in [6.07, 6.45) is 3.34. The van der Waals surface area contributed by atoms with E-state index in [-0.39, 0.29) is 6.10 Å². The van der Waals surface area contributed by atoms with E-state index >= 15 is 0 Å². The number of aromatic nitrogens is 4. The number of fused-ring (bicyclic) bond motifs is 1. The molecule has 0 spiro atoms. The van der Waals surface area contributed by atoms with Crippen molar-refractivity contribution in [2.75, 3.05) is 58.0 Å². The molecule has 1 aromatic carbocycles. The van der Waals surface area contributed by atoms with Crippen LogP contribution in [0.1, 0.15) is 11.8 Å². The van der Waals surface area contributed by atoms with E-state index in [2.05, 4.69) is 30.5 Å². The van der Waals surface area contributed by atoms with Crippen molar-refractivity contribution in [2.24, 2.45) is 0 Å². The number of benzene rings is 1. The lowest BCUT2D eigenvalue weighted by Crippen LogP contribution is -2.34. The van der Waals surface area contributed by atoms with E-state index in [9.17, 15) is 0 Å². The van der Waals surface area contributed by atoms with Crippen molar-refractivity contribution in [1.29, 1.82) is 0 Å². The van der Waals surface area contributed by atoms with Gasteiger partial charge in [-0.1, -0.05) is 12.1 Å². The largest absolute Gasteiger partial charge is 0.492 e. The number of pyridine rings is 2. The Balaban J connectivity index is 1.48. The number of ether oxygens (including phenoxy) is 2. The maximum absolute atomic E-state index is 6.37. The molecule has 0 saturated carbocycles. The minimum atomic E-state index is -0.157. The predicted molar refractivity (Wildman–Crippen MR) is 140 cm³/mol. The molecule has 1 unspecified atom stereocenters. The molecule has 3 aromatic heterocycles. The molecule has 0 radical (unpaired) electrons. The number of nitrogens with zero attached hydrogens (tertiary/aromatic N) is 5. The average molecular weight is 487 g/mol. The molecule has 5 rings (SSSR count). The third-order valence-corrected chi connectivity index (χ3v) is 5.89. The maximum Gasteiger partial charge on any atom is 0.229 e. The molecular weight excluding hydrogens is 456 g/mol. The van der Waals surface area contributed by atoms with Gasteiger partial charge in [0, 0.05) is 49.0 Å². The molecule has 10 nitrogen and oxygen atoms in total. The Morgan fingerprint density at radius 2 is 2.06 bits per heavy atom. The van der Waals surface area contributed by atoms with Gasteiger partial charge in [-0.05, 0) is 38.4 Å². The molecular formula is C26H30N8O2. The first-order chi connectivity index (χ1) is 17.6. The molecule has 1 fully saturated rings. The van der Waals surface area contributed by atoms with Gasteiger partial charge in [0.15, 0.2) is 0 Å². The van der Waals surface area contributed by atoms with Crippen molar-refractivity contribution in [3.8, 4) is 17.0 Å². The zero-order chi connectivity index (χ0) is 24.9. The summed E-state index contributed by atoms with van der Waals surface area (Å²) in [7, 11) is 4.03. The van der Waals surface area contributed by atoms with Gasteiger partial charge in [-0.25, -0.2) is 4.98 Å². The number of nitrogen functional groups attached to an aromatic ring is 1. The second-order valence-corrected chi connectivity index (χ2v) is 8.79. The van der Waals surface area contributed by atoms with Crippen LogP contribution in [0.5, 0.6) is 5.75 Å². The van der Waals surface area contributed by atoms with Crippen LogP contribution in [-0.4, -0.2) is 71.8 Å². The summed E-state index contributed by atoms with van der Waals surface area (Å²) in [4.78, 5) is 20.6. The van der Waals surface area contributed by atoms with E-state index in [0.29, 0.717) is 37.0 Å². The summed E-state index contributed by atoms with van der Waals surface area (Å²) < 4.78 is 11.8. The summed E-state index contributed by atoms with van der Waals surface area (Å²) in [6, 6.07) is 13.4. The molecule has 4 aromatic rings. The summed E-state index contributed by atoms with van der Waals surface area (Å²) in [5.41, 5.74) is 10.2. The number of likely N-dealkylation sites (N-methyl/N-ethyl adjacent to an activating group) is 1. The van der Waals surface area contributed by atoms with Crippen LogP contribution in [0, 0.1) is 0 Å². The smallest absolute Gasteiger partial charge is 0.229 e. The minimum Gasteiger partial charge on any atom is -0.492 e. The topological polar surface area (TPSA) is 123 Å². The lowest BCUT2D eigenvalue weighted by molar-refractivity contribution is 0.0255. The first kappa shape index (κ1) is 23.9. The number of rotatable bonds is 8. The molecule has 4 N–H and O–H groups in total. The number of para-hydroxylation sites is 1. The molecule has 0 aliphatic carbocycles. The Morgan fingerprint density at radius 1 is 1.14 bits per heavy atom. The standard InChI is InChI=1S/C26H30N8O2/c1-34(2)12-14-35-17-8-10-29-21(15-17)18-5-3-6-19-23(18)32-26(33-25(19)27)31-20-7-4-9-30-24(20)22-16-28-11-13-36-22/h3-10,15,22,28H,11-14,16H2,1-2H3,(H3,27,31,32,33). The van der Waals surface area contributed by atoms with Crippen LogP contribution >= 0.6 is 0 Å². The average Bonchev–Trinajstić information content (AvgIpc) is 2.89. The fourth-order valence-electron chi connectivity index (χ4n) is 4.07. The zero-order valence-corrected chi connectivity index (χ0v) is 20.4. The Bertz CT molecular complexity index is 1340. The lowest BCUT2D eigenvalue weighted by atomic mass is 10.1. The fourth-order valence-corrected chi connectivity index (χ4v) is 4.07. The minimum absolute atomic E-state index is 0.157. The van der Waals surface area contributed by atoms with E-state index in [4.69, 9.17) is 20.2 Å². The number of nitrogens with two attached hydrogens (primary N) is 1. The van der Waals surface area contributed by atoms with E-state index < -0.39 is 0 Å². The number of hydrogen-bond donors (Lipinski definition) is 3. The summed E-state index contributed by atoms with van der Waals surface area (Å²) in [5.74, 6) is 1.51. The van der Waals surface area contributed by atoms with Crippen LogP contribution in [0.4, 0.5) is 17.5 Å². The molecule has 1 aliphatic heterocycles. The van der Waals surface area contributed by atoms with Gasteiger partial charge >= 0.3 is 0 Å². The first-order valence-corrected chi connectivity index (χ1v) is 11.9. The number of anilines is 3. The second kappa shape index (κ2) is 10.8. The molecule has 36 heavy (non-hydrogen) atoms. The molecule has 0 amide bonds. The highest BCUT2D eigenvalue weighted by Crippen LogP contribution is 2.32. The van der Waals surface area contributed by atoms with Crippen molar-refractivity contribution in [3.63, 3.8) is 0 Å². The maximum atomic E-state index is 6.37. The predicted octanol–water partition coefficient (Wildman–Crippen LogP) is 3.01. The van der Waals surface area contributed by atoms with Crippen molar-refractivity contribution >= 4 is 28.4 Å². The van der Waals surface area contributed by atoms with Gasteiger partial charge in [-0.3, -0.25) is 9.97 Å². The Morgan fingerprint density at radius 3 is 2.89 bits per heavy atom. The molecule has 1 atom stereocenters. The summed E-state index contributed by atoms with van der Waals surface area (Å²) in [6.45, 7) is 3.56. The van der Waals surface area contributed by atoms with Crippen molar-refractivity contribution in [3.05, 3.63) is 60.6 Å². The third kappa shape index (κ3) is 5.35. The van der Waals surface area contributed by atoms with E-state index in [1.165, 1.54) is 0 Å². The molecule has 4 heterocycles. The van der Waals surface area contributed by atoms with Crippen molar-refractivity contribution in [2.45, 2.75) is 6.10 Å².